The number of carbonyl (C=O) groups excluding carboxylic acids is 2. The summed E-state index contributed by atoms with van der Waals surface area (Å²) in [6, 6.07) is 5.14. The molecular formula is C23H26N2O6S. The van der Waals surface area contributed by atoms with E-state index < -0.39 is 18.0 Å². The minimum absolute atomic E-state index is 0.153. The van der Waals surface area contributed by atoms with Crippen LogP contribution in [0.4, 0.5) is 5.00 Å². The van der Waals surface area contributed by atoms with Crippen molar-refractivity contribution >= 4 is 28.2 Å². The van der Waals surface area contributed by atoms with E-state index in [2.05, 4.69) is 11.4 Å². The van der Waals surface area contributed by atoms with Gasteiger partial charge in [-0.25, -0.2) is 4.79 Å². The molecule has 1 aliphatic carbocycles. The van der Waals surface area contributed by atoms with E-state index in [0.29, 0.717) is 27.8 Å². The average Bonchev–Trinajstić information content (AvgIpc) is 2.96. The second kappa shape index (κ2) is 10.4. The molecule has 1 heterocycles. The minimum atomic E-state index is -1.07. The summed E-state index contributed by atoms with van der Waals surface area (Å²) in [5, 5.41) is 12.9. The number of methoxy groups -OCH3 is 3. The molecule has 1 aromatic carbocycles. The number of aryl methyl sites for hydroxylation is 1. The average molecular weight is 459 g/mol. The molecule has 2 aromatic rings. The number of nitrogens with one attached hydrogen (secondary N) is 1. The Hall–Kier alpha value is -3.25. The van der Waals surface area contributed by atoms with Gasteiger partial charge in [0.25, 0.3) is 5.91 Å². The van der Waals surface area contributed by atoms with Crippen molar-refractivity contribution < 1.29 is 28.5 Å². The maximum absolute atomic E-state index is 12.7. The topological polar surface area (TPSA) is 107 Å². The van der Waals surface area contributed by atoms with Gasteiger partial charge in [-0.1, -0.05) is 6.42 Å². The molecule has 0 spiro atoms. The van der Waals surface area contributed by atoms with Crippen molar-refractivity contribution in [2.75, 3.05) is 26.6 Å². The van der Waals surface area contributed by atoms with Crippen LogP contribution in [0.3, 0.4) is 0 Å². The van der Waals surface area contributed by atoms with Gasteiger partial charge in [0.05, 0.1) is 32.5 Å². The van der Waals surface area contributed by atoms with Crippen molar-refractivity contribution in [3.63, 3.8) is 0 Å². The maximum Gasteiger partial charge on any atom is 0.339 e. The molecule has 0 bridgehead atoms. The summed E-state index contributed by atoms with van der Waals surface area (Å²) in [5.41, 5.74) is 1.70. The fraction of sp³-hybridized carbons (Fsp3) is 0.435. The highest BCUT2D eigenvalue weighted by molar-refractivity contribution is 7.16. The van der Waals surface area contributed by atoms with Gasteiger partial charge < -0.3 is 24.3 Å². The van der Waals surface area contributed by atoms with Gasteiger partial charge in [0.1, 0.15) is 11.1 Å². The minimum Gasteiger partial charge on any atom is -0.493 e. The summed E-state index contributed by atoms with van der Waals surface area (Å²) < 4.78 is 21.1. The zero-order valence-electron chi connectivity index (χ0n) is 18.6. The third-order valence-electron chi connectivity index (χ3n) is 5.32. The fourth-order valence-electron chi connectivity index (χ4n) is 3.64. The van der Waals surface area contributed by atoms with Gasteiger partial charge in [0.2, 0.25) is 5.75 Å². The van der Waals surface area contributed by atoms with Crippen LogP contribution in [0.2, 0.25) is 0 Å². The summed E-state index contributed by atoms with van der Waals surface area (Å²) in [6.07, 6.45) is 3.94. The fourth-order valence-corrected chi connectivity index (χ4v) is 4.89. The Morgan fingerprint density at radius 2 is 1.72 bits per heavy atom. The number of fused-ring (bicyclic) bond motifs is 1. The van der Waals surface area contributed by atoms with Gasteiger partial charge in [-0.3, -0.25) is 4.79 Å². The molecule has 170 valence electrons. The molecule has 9 heteroatoms. The molecule has 8 nitrogen and oxygen atoms in total. The Bertz CT molecular complexity index is 1030. The third-order valence-corrected chi connectivity index (χ3v) is 6.53. The van der Waals surface area contributed by atoms with E-state index in [0.717, 1.165) is 42.5 Å². The molecule has 1 unspecified atom stereocenters. The zero-order chi connectivity index (χ0) is 23.3. The predicted octanol–water partition coefficient (Wildman–Crippen LogP) is 4.10. The van der Waals surface area contributed by atoms with E-state index in [9.17, 15) is 14.9 Å². The van der Waals surface area contributed by atoms with Gasteiger partial charge in [-0.15, -0.1) is 11.3 Å². The lowest BCUT2D eigenvalue weighted by Crippen LogP contribution is -2.30. The first-order chi connectivity index (χ1) is 15.4. The van der Waals surface area contributed by atoms with E-state index >= 15 is 0 Å². The highest BCUT2D eigenvalue weighted by atomic mass is 32.1. The lowest BCUT2D eigenvalue weighted by molar-refractivity contribution is -0.123. The van der Waals surface area contributed by atoms with Crippen LogP contribution >= 0.6 is 11.3 Å². The number of thiophene rings is 1. The van der Waals surface area contributed by atoms with Crippen LogP contribution in [-0.2, 0) is 22.4 Å². The third kappa shape index (κ3) is 4.81. The molecular weight excluding hydrogens is 432 g/mol. The Kier molecular flexibility index (Phi) is 7.59. The summed E-state index contributed by atoms with van der Waals surface area (Å²) in [7, 11) is 4.35. The Morgan fingerprint density at radius 1 is 1.06 bits per heavy atom. The number of esters is 1. The number of nitriles is 1. The molecule has 3 rings (SSSR count). The van der Waals surface area contributed by atoms with Gasteiger partial charge in [0, 0.05) is 4.88 Å². The van der Waals surface area contributed by atoms with Crippen molar-refractivity contribution in [2.45, 2.75) is 45.1 Å². The first kappa shape index (κ1) is 23.4. The number of rotatable bonds is 7. The second-order valence-electron chi connectivity index (χ2n) is 7.33. The lowest BCUT2D eigenvalue weighted by atomic mass is 10.1. The van der Waals surface area contributed by atoms with Crippen molar-refractivity contribution in [3.8, 4) is 23.3 Å². The number of ether oxygens (including phenoxy) is 4. The van der Waals surface area contributed by atoms with Gasteiger partial charge in [-0.2, -0.15) is 5.26 Å². The first-order valence-electron chi connectivity index (χ1n) is 10.3. The predicted molar refractivity (Wildman–Crippen MR) is 120 cm³/mol. The van der Waals surface area contributed by atoms with E-state index in [4.69, 9.17) is 18.9 Å². The number of hydrogen-bond donors (Lipinski definition) is 1. The molecule has 0 saturated heterocycles. The molecule has 0 saturated carbocycles. The van der Waals surface area contributed by atoms with Gasteiger partial charge in [-0.05, 0) is 50.3 Å². The summed E-state index contributed by atoms with van der Waals surface area (Å²) >= 11 is 1.43. The number of benzene rings is 1. The number of hydrogen-bond acceptors (Lipinski definition) is 8. The van der Waals surface area contributed by atoms with E-state index in [1.807, 2.05) is 0 Å². The monoisotopic (exact) mass is 458 g/mol. The largest absolute Gasteiger partial charge is 0.493 e. The standard InChI is InChI=1S/C23H26N2O6S/c1-13(31-23(27)14-10-17(28-2)20(30-4)18(11-14)29-3)21(26)25-22-16(12-24)15-8-6-5-7-9-19(15)32-22/h10-11,13H,5-9H2,1-4H3,(H,25,26). The van der Waals surface area contributed by atoms with Crippen LogP contribution in [0, 0.1) is 11.3 Å². The quantitative estimate of drug-likeness (QED) is 0.492. The highest BCUT2D eigenvalue weighted by Gasteiger charge is 2.25. The Balaban J connectivity index is 1.74. The van der Waals surface area contributed by atoms with Crippen molar-refractivity contribution in [1.29, 1.82) is 5.26 Å². The highest BCUT2D eigenvalue weighted by Crippen LogP contribution is 2.39. The van der Waals surface area contributed by atoms with Crippen molar-refractivity contribution in [3.05, 3.63) is 33.7 Å². The lowest BCUT2D eigenvalue weighted by Gasteiger charge is -2.16. The number of anilines is 1. The van der Waals surface area contributed by atoms with Gasteiger partial charge >= 0.3 is 5.97 Å². The zero-order valence-corrected chi connectivity index (χ0v) is 19.4. The molecule has 0 aliphatic heterocycles. The van der Waals surface area contributed by atoms with Gasteiger partial charge in [0.15, 0.2) is 17.6 Å². The van der Waals surface area contributed by atoms with Crippen LogP contribution in [0.15, 0.2) is 12.1 Å². The van der Waals surface area contributed by atoms with Crippen LogP contribution in [0.5, 0.6) is 17.2 Å². The van der Waals surface area contributed by atoms with E-state index in [-0.39, 0.29) is 5.56 Å². The molecule has 0 radical (unpaired) electrons. The van der Waals surface area contributed by atoms with E-state index in [1.165, 1.54) is 51.7 Å². The number of amides is 1. The van der Waals surface area contributed by atoms with Crippen LogP contribution in [0.25, 0.3) is 0 Å². The normalized spacial score (nSPS) is 13.7. The molecule has 1 aliphatic rings. The second-order valence-corrected chi connectivity index (χ2v) is 8.44. The molecule has 1 aromatic heterocycles. The van der Waals surface area contributed by atoms with Crippen LogP contribution < -0.4 is 19.5 Å². The molecule has 1 atom stereocenters. The summed E-state index contributed by atoms with van der Waals surface area (Å²) in [5.74, 6) is -0.267. The van der Waals surface area contributed by atoms with Crippen molar-refractivity contribution in [2.24, 2.45) is 0 Å². The Morgan fingerprint density at radius 3 is 2.31 bits per heavy atom. The number of nitrogens with zero attached hydrogens (tertiary/aromatic N) is 1. The SMILES string of the molecule is COc1cc(C(=O)OC(C)C(=O)Nc2sc3c(c2C#N)CCCCC3)cc(OC)c1OC. The van der Waals surface area contributed by atoms with Crippen molar-refractivity contribution in [1.82, 2.24) is 0 Å². The van der Waals surface area contributed by atoms with Crippen LogP contribution in [0.1, 0.15) is 52.5 Å². The molecule has 1 N–H and O–H groups in total. The summed E-state index contributed by atoms with van der Waals surface area (Å²) in [4.78, 5) is 26.5. The molecule has 32 heavy (non-hydrogen) atoms. The van der Waals surface area contributed by atoms with E-state index in [1.54, 1.807) is 0 Å². The smallest absolute Gasteiger partial charge is 0.339 e. The maximum atomic E-state index is 12.7. The summed E-state index contributed by atoms with van der Waals surface area (Å²) in [6.45, 7) is 1.48. The first-order valence-corrected chi connectivity index (χ1v) is 11.1. The Labute approximate surface area is 191 Å². The van der Waals surface area contributed by atoms with Crippen LogP contribution in [-0.4, -0.2) is 39.3 Å². The number of carbonyl (C=O) groups is 2. The molecule has 1 amide bonds. The molecule has 0 fully saturated rings.